The molecule has 15 nitrogen and oxygen atoms in total. The van der Waals surface area contributed by atoms with Crippen molar-refractivity contribution in [1.29, 1.82) is 0 Å². The van der Waals surface area contributed by atoms with Crippen molar-refractivity contribution in [3.8, 4) is 0 Å². The molecule has 0 heterocycles. The van der Waals surface area contributed by atoms with Crippen LogP contribution >= 0.6 is 0 Å². The van der Waals surface area contributed by atoms with Gasteiger partial charge in [-0.1, -0.05) is 13.8 Å². The van der Waals surface area contributed by atoms with Gasteiger partial charge >= 0.3 is 5.97 Å². The van der Waals surface area contributed by atoms with E-state index in [0.29, 0.717) is 0 Å². The van der Waals surface area contributed by atoms with Gasteiger partial charge in [0.15, 0.2) is 5.96 Å². The first-order valence-corrected chi connectivity index (χ1v) is 10.6. The number of nitrogens with one attached hydrogen (secondary N) is 3. The normalized spacial score (nSPS) is 14.3. The Labute approximate surface area is 197 Å². The van der Waals surface area contributed by atoms with E-state index in [0.717, 1.165) is 0 Å². The van der Waals surface area contributed by atoms with Gasteiger partial charge in [-0.15, -0.1) is 0 Å². The minimum Gasteiger partial charge on any atom is -0.480 e. The summed E-state index contributed by atoms with van der Waals surface area (Å²) in [4.78, 5) is 63.7. The van der Waals surface area contributed by atoms with Crippen LogP contribution in [0.1, 0.15) is 39.5 Å². The highest BCUT2D eigenvalue weighted by Crippen LogP contribution is 2.07. The number of aliphatic hydroxyl groups is 1. The van der Waals surface area contributed by atoms with Crippen LogP contribution in [0, 0.1) is 5.92 Å². The lowest BCUT2D eigenvalue weighted by Gasteiger charge is -2.26. The molecule has 0 saturated carbocycles. The molecule has 0 aliphatic rings. The Kier molecular flexibility index (Phi) is 13.8. The van der Waals surface area contributed by atoms with E-state index in [2.05, 4.69) is 20.9 Å². The van der Waals surface area contributed by atoms with Crippen molar-refractivity contribution in [3.63, 3.8) is 0 Å². The minimum atomic E-state index is -1.58. The predicted octanol–water partition coefficient (Wildman–Crippen LogP) is -4.18. The van der Waals surface area contributed by atoms with Gasteiger partial charge in [-0.2, -0.15) is 0 Å². The number of nitrogens with zero attached hydrogens (tertiary/aromatic N) is 1. The standard InChI is InChI=1S/C19H36N8O7/c1-9(2)14(27-15(30)10(20)5-6-13(21)29)17(32)25-11(4-3-7-24-19(22)23)16(31)26-12(8-28)18(33)34/h9-12,14,28H,3-8,20H2,1-2H3,(H2,21,29)(H,25,32)(H,26,31)(H,27,30)(H,33,34)(H4,22,23,24). The van der Waals surface area contributed by atoms with Crippen molar-refractivity contribution in [2.75, 3.05) is 13.2 Å². The lowest BCUT2D eigenvalue weighted by molar-refractivity contribution is -0.143. The molecular weight excluding hydrogens is 452 g/mol. The summed E-state index contributed by atoms with van der Waals surface area (Å²) in [6, 6.07) is -4.96. The first kappa shape index (κ1) is 30.5. The number of carbonyl (C=O) groups excluding carboxylic acids is 4. The Hall–Kier alpha value is -3.46. The summed E-state index contributed by atoms with van der Waals surface area (Å²) in [7, 11) is 0. The topological polar surface area (TPSA) is 278 Å². The number of aliphatic hydroxyl groups excluding tert-OH is 1. The van der Waals surface area contributed by atoms with Gasteiger partial charge in [-0.3, -0.25) is 24.2 Å². The number of carbonyl (C=O) groups is 5. The number of carboxylic acids is 1. The molecule has 0 aromatic carbocycles. The largest absolute Gasteiger partial charge is 0.480 e. The molecule has 0 aliphatic carbocycles. The summed E-state index contributed by atoms with van der Waals surface area (Å²) in [5, 5.41) is 25.3. The SMILES string of the molecule is CC(C)C(NC(=O)C(N)CCC(N)=O)C(=O)NC(CCCN=C(N)N)C(=O)NC(CO)C(=O)O. The number of primary amides is 1. The molecule has 0 saturated heterocycles. The van der Waals surface area contributed by atoms with Gasteiger partial charge < -0.3 is 49.1 Å². The zero-order chi connectivity index (χ0) is 26.4. The van der Waals surface area contributed by atoms with Crippen molar-refractivity contribution >= 4 is 35.6 Å². The van der Waals surface area contributed by atoms with E-state index < -0.39 is 66.3 Å². The lowest BCUT2D eigenvalue weighted by atomic mass is 10.0. The highest BCUT2D eigenvalue weighted by molar-refractivity contribution is 5.94. The van der Waals surface area contributed by atoms with Gasteiger partial charge in [0.25, 0.3) is 0 Å². The van der Waals surface area contributed by atoms with E-state index in [1.54, 1.807) is 13.8 Å². The third-order valence-corrected chi connectivity index (χ3v) is 4.66. The number of nitrogens with two attached hydrogens (primary N) is 4. The number of aliphatic carboxylic acids is 1. The Morgan fingerprint density at radius 2 is 1.47 bits per heavy atom. The zero-order valence-electron chi connectivity index (χ0n) is 19.3. The Balaban J connectivity index is 5.42. The molecule has 0 aromatic heterocycles. The van der Waals surface area contributed by atoms with E-state index in [4.69, 9.17) is 33.1 Å². The van der Waals surface area contributed by atoms with Gasteiger partial charge in [-0.05, 0) is 25.2 Å². The maximum atomic E-state index is 12.9. The number of guanidine groups is 1. The van der Waals surface area contributed by atoms with E-state index in [1.165, 1.54) is 0 Å². The van der Waals surface area contributed by atoms with Crippen LogP contribution in [0.2, 0.25) is 0 Å². The van der Waals surface area contributed by atoms with Crippen molar-refractivity contribution < 1.29 is 34.2 Å². The monoisotopic (exact) mass is 488 g/mol. The predicted molar refractivity (Wildman–Crippen MR) is 122 cm³/mol. The van der Waals surface area contributed by atoms with Crippen LogP contribution in [-0.2, 0) is 24.0 Å². The fourth-order valence-corrected chi connectivity index (χ4v) is 2.72. The van der Waals surface area contributed by atoms with Crippen LogP contribution in [0.3, 0.4) is 0 Å². The molecule has 0 rings (SSSR count). The molecular formula is C19H36N8O7. The Morgan fingerprint density at radius 1 is 0.882 bits per heavy atom. The minimum absolute atomic E-state index is 0.0127. The lowest BCUT2D eigenvalue weighted by Crippen LogP contribution is -2.58. The average Bonchev–Trinajstić information content (AvgIpc) is 2.74. The molecule has 0 fully saturated rings. The van der Waals surface area contributed by atoms with Crippen LogP contribution < -0.4 is 38.9 Å². The molecule has 0 aliphatic heterocycles. The number of carboxylic acid groups (broad SMARTS) is 1. The van der Waals surface area contributed by atoms with Gasteiger partial charge in [0.2, 0.25) is 23.6 Å². The van der Waals surface area contributed by atoms with Gasteiger partial charge in [0.1, 0.15) is 18.1 Å². The molecule has 0 spiro atoms. The molecule has 15 heteroatoms. The second-order valence-corrected chi connectivity index (χ2v) is 7.93. The summed E-state index contributed by atoms with van der Waals surface area (Å²) in [5.41, 5.74) is 21.3. The van der Waals surface area contributed by atoms with Gasteiger partial charge in [0.05, 0.1) is 12.6 Å². The van der Waals surface area contributed by atoms with Crippen molar-refractivity contribution in [1.82, 2.24) is 16.0 Å². The maximum absolute atomic E-state index is 12.9. The number of aliphatic imine (C=N–C) groups is 1. The molecule has 13 N–H and O–H groups in total. The molecule has 0 bridgehead atoms. The summed E-state index contributed by atoms with van der Waals surface area (Å²) in [6.45, 7) is 2.59. The number of amides is 4. The summed E-state index contributed by atoms with van der Waals surface area (Å²) >= 11 is 0. The van der Waals surface area contributed by atoms with Crippen LogP contribution in [0.25, 0.3) is 0 Å². The van der Waals surface area contributed by atoms with Crippen LogP contribution in [0.15, 0.2) is 4.99 Å². The summed E-state index contributed by atoms with van der Waals surface area (Å²) in [5.74, 6) is -4.92. The highest BCUT2D eigenvalue weighted by Gasteiger charge is 2.31. The number of hydrogen-bond acceptors (Lipinski definition) is 8. The van der Waals surface area contributed by atoms with E-state index in [-0.39, 0.29) is 38.2 Å². The van der Waals surface area contributed by atoms with Crippen LogP contribution in [-0.4, -0.2) is 83.1 Å². The van der Waals surface area contributed by atoms with Gasteiger partial charge in [0, 0.05) is 13.0 Å². The second kappa shape index (κ2) is 15.4. The molecule has 4 atom stereocenters. The van der Waals surface area contributed by atoms with Crippen molar-refractivity contribution in [2.24, 2.45) is 33.8 Å². The average molecular weight is 489 g/mol. The quantitative estimate of drug-likeness (QED) is 0.0573. The Morgan fingerprint density at radius 3 is 1.94 bits per heavy atom. The third kappa shape index (κ3) is 12.0. The third-order valence-electron chi connectivity index (χ3n) is 4.66. The first-order chi connectivity index (χ1) is 15.8. The summed E-state index contributed by atoms with van der Waals surface area (Å²) in [6.07, 6.45) is 0.161. The molecule has 34 heavy (non-hydrogen) atoms. The van der Waals surface area contributed by atoms with E-state index in [9.17, 15) is 24.0 Å². The molecule has 4 amide bonds. The van der Waals surface area contributed by atoms with E-state index >= 15 is 0 Å². The van der Waals surface area contributed by atoms with E-state index in [1.807, 2.05) is 0 Å². The maximum Gasteiger partial charge on any atom is 0.328 e. The number of hydrogen-bond donors (Lipinski definition) is 9. The highest BCUT2D eigenvalue weighted by atomic mass is 16.4. The molecule has 194 valence electrons. The molecule has 0 radical (unpaired) electrons. The van der Waals surface area contributed by atoms with Crippen LogP contribution in [0.5, 0.6) is 0 Å². The van der Waals surface area contributed by atoms with Gasteiger partial charge in [-0.25, -0.2) is 4.79 Å². The fourth-order valence-electron chi connectivity index (χ4n) is 2.72. The zero-order valence-corrected chi connectivity index (χ0v) is 19.3. The smallest absolute Gasteiger partial charge is 0.328 e. The summed E-state index contributed by atoms with van der Waals surface area (Å²) < 4.78 is 0. The molecule has 4 unspecified atom stereocenters. The van der Waals surface area contributed by atoms with Crippen molar-refractivity contribution in [3.05, 3.63) is 0 Å². The fraction of sp³-hybridized carbons (Fsp3) is 0.684. The number of rotatable bonds is 16. The van der Waals surface area contributed by atoms with Crippen LogP contribution in [0.4, 0.5) is 0 Å². The Bertz CT molecular complexity index is 755. The second-order valence-electron chi connectivity index (χ2n) is 7.93. The first-order valence-electron chi connectivity index (χ1n) is 10.6. The van der Waals surface area contributed by atoms with Crippen molar-refractivity contribution in [2.45, 2.75) is 63.7 Å². The molecule has 0 aromatic rings.